The summed E-state index contributed by atoms with van der Waals surface area (Å²) in [7, 11) is 0. The van der Waals surface area contributed by atoms with E-state index >= 15 is 0 Å². The first-order chi connectivity index (χ1) is 15.4. The molecule has 4 rings (SSSR count). The average Bonchev–Trinajstić information content (AvgIpc) is 2.80. The summed E-state index contributed by atoms with van der Waals surface area (Å²) < 4.78 is 38.4. The number of para-hydroxylation sites is 2. The average molecular weight is 436 g/mol. The molecule has 0 saturated heterocycles. The maximum Gasteiger partial charge on any atom is 0.416 e. The molecule has 0 amide bonds. The summed E-state index contributed by atoms with van der Waals surface area (Å²) in [5.74, 6) is 0.602. The quantitative estimate of drug-likeness (QED) is 0.323. The van der Waals surface area contributed by atoms with Gasteiger partial charge in [-0.3, -0.25) is 10.4 Å². The van der Waals surface area contributed by atoms with E-state index in [4.69, 9.17) is 5.73 Å². The summed E-state index contributed by atoms with van der Waals surface area (Å²) in [5.41, 5.74) is 11.1. The Morgan fingerprint density at radius 2 is 1.25 bits per heavy atom. The zero-order valence-corrected chi connectivity index (χ0v) is 16.7. The van der Waals surface area contributed by atoms with Gasteiger partial charge in [-0.2, -0.15) is 13.2 Å². The number of hydrazine groups is 1. The predicted molar refractivity (Wildman–Crippen MR) is 120 cm³/mol. The number of nitrogens with one attached hydrogen (secondary N) is 2. The highest BCUT2D eigenvalue weighted by Crippen LogP contribution is 2.32. The molecule has 3 aromatic carbocycles. The van der Waals surface area contributed by atoms with Gasteiger partial charge >= 0.3 is 6.18 Å². The molecule has 0 aliphatic rings. The maximum atomic E-state index is 12.8. The molecule has 0 aliphatic heterocycles. The van der Waals surface area contributed by atoms with Gasteiger partial charge in [0.2, 0.25) is 0 Å². The first kappa shape index (κ1) is 21.0. The van der Waals surface area contributed by atoms with E-state index in [1.165, 1.54) is 18.5 Å². The summed E-state index contributed by atoms with van der Waals surface area (Å²) in [4.78, 5) is 8.37. The second-order valence-electron chi connectivity index (χ2n) is 6.80. The summed E-state index contributed by atoms with van der Waals surface area (Å²) in [5, 5.41) is 4.76. The predicted octanol–water partition coefficient (Wildman–Crippen LogP) is 5.99. The fourth-order valence-electron chi connectivity index (χ4n) is 3.00. The third kappa shape index (κ3) is 4.72. The molecule has 0 radical (unpaired) electrons. The van der Waals surface area contributed by atoms with Gasteiger partial charge in [0.1, 0.15) is 12.0 Å². The Morgan fingerprint density at radius 1 is 0.719 bits per heavy atom. The van der Waals surface area contributed by atoms with Gasteiger partial charge in [0.25, 0.3) is 0 Å². The minimum absolute atomic E-state index is 0.212. The Balaban J connectivity index is 1.61. The first-order valence-corrected chi connectivity index (χ1v) is 9.63. The number of nitrogens with two attached hydrogens (primary N) is 1. The summed E-state index contributed by atoms with van der Waals surface area (Å²) in [6, 6.07) is 23.8. The molecule has 0 bridgehead atoms. The zero-order chi connectivity index (χ0) is 22.6. The molecule has 4 N–H and O–H groups in total. The van der Waals surface area contributed by atoms with Gasteiger partial charge in [0, 0.05) is 5.69 Å². The summed E-state index contributed by atoms with van der Waals surface area (Å²) in [6.45, 7) is 0. The first-order valence-electron chi connectivity index (χ1n) is 9.63. The second kappa shape index (κ2) is 8.84. The van der Waals surface area contributed by atoms with Crippen LogP contribution in [-0.4, -0.2) is 9.97 Å². The van der Waals surface area contributed by atoms with Crippen molar-refractivity contribution < 1.29 is 13.2 Å². The Bertz CT molecular complexity index is 1130. The van der Waals surface area contributed by atoms with Crippen molar-refractivity contribution in [1.82, 2.24) is 9.97 Å². The fraction of sp³-hybridized carbons (Fsp3) is 0.0435. The van der Waals surface area contributed by atoms with E-state index in [-0.39, 0.29) is 11.5 Å². The van der Waals surface area contributed by atoms with Crippen molar-refractivity contribution in [3.63, 3.8) is 0 Å². The zero-order valence-electron chi connectivity index (χ0n) is 16.7. The fourth-order valence-corrected chi connectivity index (χ4v) is 3.00. The van der Waals surface area contributed by atoms with Crippen LogP contribution in [-0.2, 0) is 6.18 Å². The molecule has 0 atom stereocenters. The molecule has 1 heterocycles. The van der Waals surface area contributed by atoms with Crippen LogP contribution in [0.2, 0.25) is 0 Å². The molecule has 0 unspecified atom stereocenters. The molecule has 9 heteroatoms. The normalized spacial score (nSPS) is 11.1. The molecule has 162 valence electrons. The molecule has 0 aliphatic carbocycles. The lowest BCUT2D eigenvalue weighted by atomic mass is 10.2. The Hall–Kier alpha value is -4.27. The van der Waals surface area contributed by atoms with Gasteiger partial charge < -0.3 is 11.1 Å². The van der Waals surface area contributed by atoms with Crippen LogP contribution in [0.1, 0.15) is 5.56 Å². The minimum atomic E-state index is -4.40. The highest BCUT2D eigenvalue weighted by atomic mass is 19.4. The maximum absolute atomic E-state index is 12.8. The lowest BCUT2D eigenvalue weighted by Crippen LogP contribution is -2.26. The van der Waals surface area contributed by atoms with Crippen molar-refractivity contribution in [2.75, 3.05) is 21.5 Å². The number of aromatic nitrogens is 2. The largest absolute Gasteiger partial charge is 0.416 e. The standard InChI is InChI=1S/C23H19F3N6/c24-23(25,26)16-11-13-17(14-12-16)30-21-20(27)22(29-15-28-21)31-32(18-7-3-1-4-8-18)19-9-5-2-6-10-19/h1-15H,27H2,(H2,28,29,30,31). The highest BCUT2D eigenvalue weighted by Gasteiger charge is 2.30. The third-order valence-electron chi connectivity index (χ3n) is 4.61. The molecule has 4 aromatic rings. The van der Waals surface area contributed by atoms with Crippen molar-refractivity contribution in [2.45, 2.75) is 6.18 Å². The van der Waals surface area contributed by atoms with Gasteiger partial charge in [0.15, 0.2) is 11.6 Å². The lowest BCUT2D eigenvalue weighted by molar-refractivity contribution is -0.137. The number of hydrogen-bond acceptors (Lipinski definition) is 6. The lowest BCUT2D eigenvalue weighted by Gasteiger charge is -2.26. The smallest absolute Gasteiger partial charge is 0.393 e. The number of nitrogen functional groups attached to an aromatic ring is 1. The van der Waals surface area contributed by atoms with E-state index < -0.39 is 11.7 Å². The number of rotatable bonds is 6. The van der Waals surface area contributed by atoms with E-state index in [9.17, 15) is 13.2 Å². The number of halogens is 3. The summed E-state index contributed by atoms with van der Waals surface area (Å²) >= 11 is 0. The van der Waals surface area contributed by atoms with Crippen molar-refractivity contribution in [1.29, 1.82) is 0 Å². The topological polar surface area (TPSA) is 79.1 Å². The van der Waals surface area contributed by atoms with Crippen LogP contribution in [0.4, 0.5) is 47.6 Å². The summed E-state index contributed by atoms with van der Waals surface area (Å²) in [6.07, 6.45) is -3.08. The van der Waals surface area contributed by atoms with Crippen molar-refractivity contribution in [3.05, 3.63) is 96.8 Å². The van der Waals surface area contributed by atoms with Gasteiger partial charge in [-0.15, -0.1) is 0 Å². The molecule has 0 fully saturated rings. The van der Waals surface area contributed by atoms with Crippen molar-refractivity contribution in [3.8, 4) is 0 Å². The highest BCUT2D eigenvalue weighted by molar-refractivity contribution is 5.80. The Morgan fingerprint density at radius 3 is 1.78 bits per heavy atom. The molecule has 0 spiro atoms. The molecular weight excluding hydrogens is 417 g/mol. The van der Waals surface area contributed by atoms with Crippen molar-refractivity contribution >= 4 is 34.4 Å². The van der Waals surface area contributed by atoms with E-state index in [1.54, 1.807) is 0 Å². The van der Waals surface area contributed by atoms with E-state index in [2.05, 4.69) is 20.7 Å². The number of hydrogen-bond donors (Lipinski definition) is 3. The molecule has 32 heavy (non-hydrogen) atoms. The molecule has 0 saturated carbocycles. The second-order valence-corrected chi connectivity index (χ2v) is 6.80. The Kier molecular flexibility index (Phi) is 5.80. The molecule has 6 nitrogen and oxygen atoms in total. The van der Waals surface area contributed by atoms with E-state index in [0.29, 0.717) is 11.5 Å². The van der Waals surface area contributed by atoms with Crippen LogP contribution in [0.15, 0.2) is 91.3 Å². The van der Waals surface area contributed by atoms with Crippen LogP contribution in [0.3, 0.4) is 0 Å². The van der Waals surface area contributed by atoms with Crippen LogP contribution >= 0.6 is 0 Å². The minimum Gasteiger partial charge on any atom is -0.393 e. The van der Waals surface area contributed by atoms with Crippen LogP contribution < -0.4 is 21.5 Å². The van der Waals surface area contributed by atoms with Crippen molar-refractivity contribution in [2.24, 2.45) is 0 Å². The van der Waals surface area contributed by atoms with Crippen LogP contribution in [0, 0.1) is 0 Å². The number of benzene rings is 3. The van der Waals surface area contributed by atoms with Gasteiger partial charge in [-0.25, -0.2) is 9.97 Å². The van der Waals surface area contributed by atoms with Crippen LogP contribution in [0.5, 0.6) is 0 Å². The third-order valence-corrected chi connectivity index (χ3v) is 4.61. The monoisotopic (exact) mass is 436 g/mol. The Labute approximate surface area is 182 Å². The number of anilines is 6. The van der Waals surface area contributed by atoms with E-state index in [1.807, 2.05) is 65.7 Å². The SMILES string of the molecule is Nc1c(Nc2ccc(C(F)(F)F)cc2)ncnc1NN(c1ccccc1)c1ccccc1. The van der Waals surface area contributed by atoms with Gasteiger partial charge in [-0.05, 0) is 48.5 Å². The number of alkyl halides is 3. The molecular formula is C23H19F3N6. The number of nitrogens with zero attached hydrogens (tertiary/aromatic N) is 3. The van der Waals surface area contributed by atoms with Gasteiger partial charge in [0.05, 0.1) is 16.9 Å². The van der Waals surface area contributed by atoms with Crippen LogP contribution in [0.25, 0.3) is 0 Å². The molecule has 1 aromatic heterocycles. The van der Waals surface area contributed by atoms with E-state index in [0.717, 1.165) is 23.5 Å². The van der Waals surface area contributed by atoms with Gasteiger partial charge in [-0.1, -0.05) is 36.4 Å².